The number of hydrogen-bond donors (Lipinski definition) is 1. The van der Waals surface area contributed by atoms with Gasteiger partial charge in [0.1, 0.15) is 28.9 Å². The highest BCUT2D eigenvalue weighted by Crippen LogP contribution is 2.32. The average Bonchev–Trinajstić information content (AvgIpc) is 3.12. The van der Waals surface area contributed by atoms with Crippen LogP contribution in [0.25, 0.3) is 10.6 Å². The maximum Gasteiger partial charge on any atom is 0.270 e. The van der Waals surface area contributed by atoms with Gasteiger partial charge in [-0.2, -0.15) is 0 Å². The third-order valence-corrected chi connectivity index (χ3v) is 4.37. The largest absolute Gasteiger partial charge is 0.488 e. The Labute approximate surface area is 149 Å². The van der Waals surface area contributed by atoms with Crippen LogP contribution in [0.3, 0.4) is 0 Å². The third kappa shape index (κ3) is 4.22. The molecule has 6 heteroatoms. The Morgan fingerprint density at radius 2 is 1.96 bits per heavy atom. The topological polar surface area (TPSA) is 51.2 Å². The SMILES string of the molecule is CCNC(=O)c1csc(-c2ccccc2OCc2ccc(F)cc2)n1. The Balaban J connectivity index is 1.79. The summed E-state index contributed by atoms with van der Waals surface area (Å²) in [4.78, 5) is 16.3. The summed E-state index contributed by atoms with van der Waals surface area (Å²) in [7, 11) is 0. The van der Waals surface area contributed by atoms with Crippen LogP contribution in [0.5, 0.6) is 5.75 Å². The predicted octanol–water partition coefficient (Wildman–Crippen LogP) is 4.28. The molecule has 0 spiro atoms. The van der Waals surface area contributed by atoms with Crippen molar-refractivity contribution in [2.75, 3.05) is 6.54 Å². The fourth-order valence-electron chi connectivity index (χ4n) is 2.26. The molecule has 1 aromatic heterocycles. The first-order chi connectivity index (χ1) is 12.2. The van der Waals surface area contributed by atoms with Crippen LogP contribution in [0.1, 0.15) is 23.0 Å². The number of benzene rings is 2. The Hall–Kier alpha value is -2.73. The van der Waals surface area contributed by atoms with Gasteiger partial charge in [0.25, 0.3) is 5.91 Å². The van der Waals surface area contributed by atoms with Gasteiger partial charge in [0.05, 0.1) is 5.56 Å². The number of ether oxygens (including phenoxy) is 1. The standard InChI is InChI=1S/C19H17FN2O2S/c1-2-21-18(23)16-12-25-19(22-16)15-5-3-4-6-17(15)24-11-13-7-9-14(20)10-8-13/h3-10,12H,2,11H2,1H3,(H,21,23). The summed E-state index contributed by atoms with van der Waals surface area (Å²) in [5.74, 6) is 0.211. The molecule has 128 valence electrons. The molecule has 1 N–H and O–H groups in total. The zero-order valence-corrected chi connectivity index (χ0v) is 14.5. The van der Waals surface area contributed by atoms with E-state index in [0.717, 1.165) is 16.1 Å². The summed E-state index contributed by atoms with van der Waals surface area (Å²) in [6, 6.07) is 13.7. The Kier molecular flexibility index (Phi) is 5.40. The molecule has 3 rings (SSSR count). The number of halogens is 1. The van der Waals surface area contributed by atoms with E-state index in [2.05, 4.69) is 10.3 Å². The third-order valence-electron chi connectivity index (χ3n) is 3.50. The molecule has 0 unspecified atom stereocenters. The zero-order chi connectivity index (χ0) is 17.6. The van der Waals surface area contributed by atoms with E-state index in [4.69, 9.17) is 4.74 Å². The van der Waals surface area contributed by atoms with Crippen molar-refractivity contribution >= 4 is 17.2 Å². The summed E-state index contributed by atoms with van der Waals surface area (Å²) in [6.45, 7) is 2.75. The molecule has 1 heterocycles. The van der Waals surface area contributed by atoms with Crippen LogP contribution in [0.15, 0.2) is 53.9 Å². The number of nitrogens with one attached hydrogen (secondary N) is 1. The van der Waals surface area contributed by atoms with Crippen LogP contribution in [0, 0.1) is 5.82 Å². The molecule has 25 heavy (non-hydrogen) atoms. The van der Waals surface area contributed by atoms with Crippen LogP contribution in [-0.4, -0.2) is 17.4 Å². The molecular formula is C19H17FN2O2S. The second-order valence-corrected chi connectivity index (χ2v) is 6.17. The minimum absolute atomic E-state index is 0.185. The molecule has 1 amide bonds. The van der Waals surface area contributed by atoms with Crippen molar-refractivity contribution in [2.24, 2.45) is 0 Å². The van der Waals surface area contributed by atoms with E-state index < -0.39 is 0 Å². The second kappa shape index (κ2) is 7.90. The number of para-hydroxylation sites is 1. The van der Waals surface area contributed by atoms with Crippen molar-refractivity contribution < 1.29 is 13.9 Å². The van der Waals surface area contributed by atoms with Gasteiger partial charge >= 0.3 is 0 Å². The molecule has 0 aliphatic heterocycles. The van der Waals surface area contributed by atoms with Crippen molar-refractivity contribution in [2.45, 2.75) is 13.5 Å². The summed E-state index contributed by atoms with van der Waals surface area (Å²) >= 11 is 1.39. The molecule has 0 fully saturated rings. The highest BCUT2D eigenvalue weighted by atomic mass is 32.1. The highest BCUT2D eigenvalue weighted by molar-refractivity contribution is 7.13. The lowest BCUT2D eigenvalue weighted by molar-refractivity contribution is 0.0951. The highest BCUT2D eigenvalue weighted by Gasteiger charge is 2.14. The lowest BCUT2D eigenvalue weighted by atomic mass is 10.2. The maximum absolute atomic E-state index is 13.0. The van der Waals surface area contributed by atoms with E-state index in [1.807, 2.05) is 31.2 Å². The molecule has 0 saturated carbocycles. The van der Waals surface area contributed by atoms with E-state index in [-0.39, 0.29) is 11.7 Å². The molecule has 3 aromatic rings. The predicted molar refractivity (Wildman–Crippen MR) is 96.3 cm³/mol. The fraction of sp³-hybridized carbons (Fsp3) is 0.158. The Morgan fingerprint density at radius 1 is 1.20 bits per heavy atom. The monoisotopic (exact) mass is 356 g/mol. The van der Waals surface area contributed by atoms with Crippen molar-refractivity contribution in [3.8, 4) is 16.3 Å². The molecule has 4 nitrogen and oxygen atoms in total. The fourth-order valence-corrected chi connectivity index (χ4v) is 3.09. The van der Waals surface area contributed by atoms with Gasteiger partial charge in [-0.25, -0.2) is 9.37 Å². The summed E-state index contributed by atoms with van der Waals surface area (Å²) in [6.07, 6.45) is 0. The van der Waals surface area contributed by atoms with Gasteiger partial charge < -0.3 is 10.1 Å². The number of nitrogens with zero attached hydrogens (tertiary/aromatic N) is 1. The molecule has 2 aromatic carbocycles. The van der Waals surface area contributed by atoms with Crippen LogP contribution in [-0.2, 0) is 6.61 Å². The first kappa shape index (κ1) is 17.1. The van der Waals surface area contributed by atoms with Crippen molar-refractivity contribution in [1.82, 2.24) is 10.3 Å². The minimum atomic E-state index is -0.273. The van der Waals surface area contributed by atoms with Crippen molar-refractivity contribution in [3.05, 3.63) is 71.0 Å². The van der Waals surface area contributed by atoms with E-state index in [0.29, 0.717) is 24.6 Å². The van der Waals surface area contributed by atoms with E-state index >= 15 is 0 Å². The van der Waals surface area contributed by atoms with E-state index in [1.54, 1.807) is 17.5 Å². The number of amides is 1. The summed E-state index contributed by atoms with van der Waals surface area (Å²) < 4.78 is 18.9. The molecule has 0 atom stereocenters. The maximum atomic E-state index is 13.0. The minimum Gasteiger partial charge on any atom is -0.488 e. The first-order valence-electron chi connectivity index (χ1n) is 7.87. The average molecular weight is 356 g/mol. The second-order valence-electron chi connectivity index (χ2n) is 5.31. The quantitative estimate of drug-likeness (QED) is 0.717. The Bertz CT molecular complexity index is 862. The van der Waals surface area contributed by atoms with Gasteiger partial charge in [0, 0.05) is 11.9 Å². The van der Waals surface area contributed by atoms with Crippen LogP contribution >= 0.6 is 11.3 Å². The number of carbonyl (C=O) groups is 1. The normalized spacial score (nSPS) is 10.5. The molecule has 0 aliphatic carbocycles. The van der Waals surface area contributed by atoms with Gasteiger partial charge in [-0.05, 0) is 36.8 Å². The van der Waals surface area contributed by atoms with Gasteiger partial charge in [-0.1, -0.05) is 24.3 Å². The van der Waals surface area contributed by atoms with Crippen molar-refractivity contribution in [1.29, 1.82) is 0 Å². The lowest BCUT2D eigenvalue weighted by Crippen LogP contribution is -2.22. The van der Waals surface area contributed by atoms with E-state index in [1.165, 1.54) is 23.5 Å². The number of rotatable bonds is 6. The molecular weight excluding hydrogens is 339 g/mol. The summed E-state index contributed by atoms with van der Waals surface area (Å²) in [5, 5.41) is 5.19. The van der Waals surface area contributed by atoms with Crippen LogP contribution < -0.4 is 10.1 Å². The number of aromatic nitrogens is 1. The van der Waals surface area contributed by atoms with Gasteiger partial charge in [0.15, 0.2) is 0 Å². The van der Waals surface area contributed by atoms with Gasteiger partial charge in [0.2, 0.25) is 0 Å². The molecule has 0 saturated heterocycles. The smallest absolute Gasteiger partial charge is 0.270 e. The molecule has 0 aliphatic rings. The van der Waals surface area contributed by atoms with Gasteiger partial charge in [-0.3, -0.25) is 4.79 Å². The van der Waals surface area contributed by atoms with Crippen LogP contribution in [0.2, 0.25) is 0 Å². The molecule has 0 bridgehead atoms. The lowest BCUT2D eigenvalue weighted by Gasteiger charge is -2.10. The number of hydrogen-bond acceptors (Lipinski definition) is 4. The summed E-state index contributed by atoms with van der Waals surface area (Å²) in [5.41, 5.74) is 2.10. The number of carbonyl (C=O) groups excluding carboxylic acids is 1. The Morgan fingerprint density at radius 3 is 2.72 bits per heavy atom. The van der Waals surface area contributed by atoms with Gasteiger partial charge in [-0.15, -0.1) is 11.3 Å². The van der Waals surface area contributed by atoms with E-state index in [9.17, 15) is 9.18 Å². The van der Waals surface area contributed by atoms with Crippen LogP contribution in [0.4, 0.5) is 4.39 Å². The van der Waals surface area contributed by atoms with Crippen molar-refractivity contribution in [3.63, 3.8) is 0 Å². The molecule has 0 radical (unpaired) electrons. The first-order valence-corrected chi connectivity index (χ1v) is 8.75. The number of thiazole rings is 1. The zero-order valence-electron chi connectivity index (χ0n) is 13.7.